The summed E-state index contributed by atoms with van der Waals surface area (Å²) >= 11 is 0. The van der Waals surface area contributed by atoms with E-state index in [9.17, 15) is 36.7 Å². The van der Waals surface area contributed by atoms with Crippen molar-refractivity contribution in [3.05, 3.63) is 114 Å². The molecule has 23 heteroatoms. The van der Waals surface area contributed by atoms with E-state index in [2.05, 4.69) is 45.4 Å². The number of azide groups is 4. The lowest BCUT2D eigenvalue weighted by molar-refractivity contribution is -0.307. The fourth-order valence-electron chi connectivity index (χ4n) is 7.75. The second kappa shape index (κ2) is 21.2. The Morgan fingerprint density at radius 1 is 0.783 bits per heavy atom. The first kappa shape index (κ1) is 45.7. The second-order valence-corrected chi connectivity index (χ2v) is 15.6. The third-order valence-corrected chi connectivity index (χ3v) is 10.4. The number of alkyl carbamates (subject to hydrolysis) is 1. The summed E-state index contributed by atoms with van der Waals surface area (Å²) < 4.78 is 37.5. The minimum Gasteiger partial charge on any atom is -0.444 e. The van der Waals surface area contributed by atoms with Crippen LogP contribution < -0.4 is 5.32 Å². The van der Waals surface area contributed by atoms with Gasteiger partial charge in [0.25, 0.3) is 0 Å². The summed E-state index contributed by atoms with van der Waals surface area (Å²) in [6, 6.07) is 13.2. The number of nitrogens with one attached hydrogen (secondary N) is 1. The van der Waals surface area contributed by atoms with E-state index in [1.807, 2.05) is 60.7 Å². The lowest BCUT2D eigenvalue weighted by atomic mass is 9.71. The van der Waals surface area contributed by atoms with Gasteiger partial charge in [-0.3, -0.25) is 0 Å². The fourth-order valence-corrected chi connectivity index (χ4v) is 7.75. The smallest absolute Gasteiger partial charge is 0.407 e. The highest BCUT2D eigenvalue weighted by Gasteiger charge is 2.57. The van der Waals surface area contributed by atoms with Gasteiger partial charge in [0.15, 0.2) is 6.29 Å². The summed E-state index contributed by atoms with van der Waals surface area (Å²) in [5.74, 6) is -1.45. The monoisotopic (exact) mass is 835 g/mol. The molecule has 2 aromatic rings. The topological polar surface area (TPSA) is 340 Å². The number of carbonyl (C=O) groups is 1. The van der Waals surface area contributed by atoms with Crippen LogP contribution in [0, 0.1) is 5.92 Å². The number of benzene rings is 2. The molecule has 0 unspecified atom stereocenters. The van der Waals surface area contributed by atoms with Gasteiger partial charge in [0.05, 0.1) is 74.5 Å². The van der Waals surface area contributed by atoms with Crippen LogP contribution in [0.25, 0.3) is 41.8 Å². The molecule has 2 aliphatic heterocycles. The lowest BCUT2D eigenvalue weighted by Gasteiger charge is -2.52. The maximum Gasteiger partial charge on any atom is 0.407 e. The highest BCUT2D eigenvalue weighted by atomic mass is 16.7. The van der Waals surface area contributed by atoms with Crippen molar-refractivity contribution in [1.29, 1.82) is 0 Å². The van der Waals surface area contributed by atoms with Gasteiger partial charge >= 0.3 is 6.09 Å². The zero-order valence-corrected chi connectivity index (χ0v) is 33.3. The minimum absolute atomic E-state index is 0.00344. The molecule has 23 nitrogen and oxygen atoms in total. The Bertz CT molecular complexity index is 1920. The highest BCUT2D eigenvalue weighted by Crippen LogP contribution is 2.41. The van der Waals surface area contributed by atoms with Gasteiger partial charge in [-0.15, -0.1) is 0 Å². The second-order valence-electron chi connectivity index (χ2n) is 15.6. The van der Waals surface area contributed by atoms with E-state index in [1.165, 1.54) is 6.92 Å². The maximum atomic E-state index is 13.0. The summed E-state index contributed by atoms with van der Waals surface area (Å²) in [4.78, 5) is 24.8. The van der Waals surface area contributed by atoms with Crippen LogP contribution in [0.2, 0.25) is 0 Å². The van der Waals surface area contributed by atoms with Crippen molar-refractivity contribution in [2.75, 3.05) is 6.54 Å². The number of carbonyl (C=O) groups excluding carboxylic acids is 1. The molecule has 15 atom stereocenters. The predicted molar refractivity (Wildman–Crippen MR) is 210 cm³/mol. The van der Waals surface area contributed by atoms with E-state index >= 15 is 0 Å². The van der Waals surface area contributed by atoms with Crippen LogP contribution in [0.15, 0.2) is 81.1 Å². The van der Waals surface area contributed by atoms with Gasteiger partial charge in [-0.2, -0.15) is 0 Å². The zero-order valence-electron chi connectivity index (χ0n) is 33.3. The number of hydrogen-bond acceptors (Lipinski definition) is 14. The van der Waals surface area contributed by atoms with Crippen molar-refractivity contribution in [2.45, 2.75) is 138 Å². The van der Waals surface area contributed by atoms with Gasteiger partial charge in [0.2, 0.25) is 0 Å². The Morgan fingerprint density at radius 2 is 1.37 bits per heavy atom. The van der Waals surface area contributed by atoms with E-state index in [0.717, 1.165) is 11.1 Å². The van der Waals surface area contributed by atoms with Crippen LogP contribution in [-0.4, -0.2) is 119 Å². The van der Waals surface area contributed by atoms with Gasteiger partial charge < -0.3 is 49.1 Å². The van der Waals surface area contributed by atoms with Gasteiger partial charge in [-0.25, -0.2) is 4.79 Å². The van der Waals surface area contributed by atoms with Crippen molar-refractivity contribution in [3.8, 4) is 0 Å². The molecule has 0 bridgehead atoms. The average Bonchev–Trinajstić information content (AvgIpc) is 3.21. The standard InChI is InChI=1S/C37H49N13O10/c1-19-26(45-49-40)29(52)30(53)33(57-19)25-28(51)22(43-36(54)60-37(2,3)4)15-23(44-48-39)31(25)59-35-27(46-50-41)34(56-18-21-13-9-6-10-14-21)32(24(58-35)16-42-47-38)55-17-20-11-7-5-8-12-20/h5-14,19,22-35,51-53H,15-18H2,1-4H3,(H,43,54)/t19-,22-,23+,24-,25-,26-,27-,28+,29+,30-,31-,32-,33+,34-,35-/m1/s1. The third-order valence-electron chi connectivity index (χ3n) is 10.4. The quantitative estimate of drug-likeness (QED) is 0.101. The number of ether oxygens (including phenoxy) is 6. The molecule has 0 spiro atoms. The van der Waals surface area contributed by atoms with Gasteiger partial charge in [-0.1, -0.05) is 81.1 Å². The Balaban J connectivity index is 1.58. The van der Waals surface area contributed by atoms with Crippen LogP contribution in [0.1, 0.15) is 45.2 Å². The molecule has 1 amide bonds. The Kier molecular flexibility index (Phi) is 16.2. The van der Waals surface area contributed by atoms with Crippen molar-refractivity contribution >= 4 is 6.09 Å². The molecule has 2 saturated heterocycles. The molecular weight excluding hydrogens is 786 g/mol. The third kappa shape index (κ3) is 11.5. The van der Waals surface area contributed by atoms with Gasteiger partial charge in [0, 0.05) is 25.6 Å². The number of aliphatic hydroxyl groups is 3. The summed E-state index contributed by atoms with van der Waals surface area (Å²) in [5.41, 5.74) is 38.9. The number of aliphatic hydroxyl groups excluding tert-OH is 3. The normalized spacial score (nSPS) is 34.0. The Morgan fingerprint density at radius 3 is 1.93 bits per heavy atom. The van der Waals surface area contributed by atoms with E-state index in [0.29, 0.717) is 0 Å². The maximum absolute atomic E-state index is 13.0. The minimum atomic E-state index is -1.83. The first-order valence-corrected chi connectivity index (χ1v) is 19.2. The van der Waals surface area contributed by atoms with Crippen molar-refractivity contribution in [3.63, 3.8) is 0 Å². The Labute approximate surface area is 344 Å². The first-order chi connectivity index (χ1) is 28.8. The molecule has 4 N–H and O–H groups in total. The van der Waals surface area contributed by atoms with Crippen molar-refractivity contribution in [1.82, 2.24) is 5.32 Å². The highest BCUT2D eigenvalue weighted by molar-refractivity contribution is 5.68. The van der Waals surface area contributed by atoms with Crippen LogP contribution in [0.5, 0.6) is 0 Å². The number of rotatable bonds is 15. The molecule has 1 aliphatic carbocycles. The number of amides is 1. The average molecular weight is 836 g/mol. The van der Waals surface area contributed by atoms with Crippen LogP contribution in [-0.2, 0) is 41.6 Å². The zero-order chi connectivity index (χ0) is 43.4. The molecule has 0 radical (unpaired) electrons. The van der Waals surface area contributed by atoms with Crippen LogP contribution in [0.3, 0.4) is 0 Å². The molecule has 3 aliphatic rings. The summed E-state index contributed by atoms with van der Waals surface area (Å²) in [6.07, 6.45) is -15.2. The van der Waals surface area contributed by atoms with Crippen molar-refractivity contribution in [2.24, 2.45) is 26.4 Å². The molecular formula is C37H49N13O10. The summed E-state index contributed by atoms with van der Waals surface area (Å²) in [5, 5.41) is 52.8. The molecule has 5 rings (SSSR count). The van der Waals surface area contributed by atoms with Gasteiger partial charge in [-0.05, 0) is 67.4 Å². The predicted octanol–water partition coefficient (Wildman–Crippen LogP) is 5.40. The van der Waals surface area contributed by atoms with Crippen molar-refractivity contribution < 1.29 is 48.5 Å². The molecule has 3 fully saturated rings. The van der Waals surface area contributed by atoms with Crippen LogP contribution in [0.4, 0.5) is 4.79 Å². The number of hydrogen-bond donors (Lipinski definition) is 4. The van der Waals surface area contributed by atoms with E-state index in [4.69, 9.17) is 34.0 Å². The first-order valence-electron chi connectivity index (χ1n) is 19.2. The molecule has 1 saturated carbocycles. The SMILES string of the molecule is C[C@H]1O[C@@H]([C@@H]2[C@@H](O)[C@H](NC(=O)OC(C)(C)C)C[C@H](N=[N+]=[N-])[C@H]2O[C@H]2O[C@H](CN=[N+]=[N-])[C@@H](OCc3ccccc3)[C@H](OCc3ccccc3)[C@H]2N=[N+]=[N-])[C@H](O)[C@@H](O)[C@@H]1N=[N+]=[N-]. The largest absolute Gasteiger partial charge is 0.444 e. The summed E-state index contributed by atoms with van der Waals surface area (Å²) in [7, 11) is 0. The molecule has 322 valence electrons. The summed E-state index contributed by atoms with van der Waals surface area (Å²) in [6.45, 7) is 6.16. The Hall–Kier alpha value is -5.37. The van der Waals surface area contributed by atoms with E-state index < -0.39 is 103 Å². The van der Waals surface area contributed by atoms with Gasteiger partial charge in [0.1, 0.15) is 30.0 Å². The van der Waals surface area contributed by atoms with Crippen LogP contribution >= 0.6 is 0 Å². The fraction of sp³-hybridized carbons (Fsp3) is 0.649. The molecule has 2 heterocycles. The van der Waals surface area contributed by atoms with E-state index in [-0.39, 0.29) is 26.2 Å². The molecule has 2 aromatic carbocycles. The molecule has 0 aromatic heterocycles. The lowest BCUT2D eigenvalue weighted by Crippen LogP contribution is -2.68. The molecule has 60 heavy (non-hydrogen) atoms. The van der Waals surface area contributed by atoms with E-state index in [1.54, 1.807) is 20.8 Å². The number of nitrogens with zero attached hydrogens (tertiary/aromatic N) is 12.